The van der Waals surface area contributed by atoms with E-state index in [1.807, 2.05) is 4.90 Å². The summed E-state index contributed by atoms with van der Waals surface area (Å²) in [7, 11) is 0. The summed E-state index contributed by atoms with van der Waals surface area (Å²) in [6, 6.07) is 12.4. The normalized spacial score (nSPS) is 13.8. The van der Waals surface area contributed by atoms with Crippen LogP contribution in [0, 0.1) is 0 Å². The number of likely N-dealkylation sites (tertiary alicyclic amines) is 1. The molecule has 2 amide bonds. The lowest BCUT2D eigenvalue weighted by molar-refractivity contribution is 0.0724. The zero-order chi connectivity index (χ0) is 20.6. The van der Waals surface area contributed by atoms with E-state index >= 15 is 0 Å². The van der Waals surface area contributed by atoms with E-state index in [1.54, 1.807) is 42.5 Å². The summed E-state index contributed by atoms with van der Waals surface area (Å²) >= 11 is 3.47. The second-order valence-electron chi connectivity index (χ2n) is 7.24. The highest BCUT2D eigenvalue weighted by molar-refractivity contribution is 9.10. The van der Waals surface area contributed by atoms with Gasteiger partial charge in [-0.2, -0.15) is 0 Å². The number of anilines is 1. The Morgan fingerprint density at radius 3 is 2.59 bits per heavy atom. The maximum atomic E-state index is 12.7. The number of carbonyl (C=O) groups is 2. The van der Waals surface area contributed by atoms with E-state index < -0.39 is 0 Å². The molecule has 2 aromatic carbocycles. The smallest absolute Gasteiger partial charge is 0.255 e. The number of unbranched alkanes of at least 4 members (excludes halogenated alkanes) is 1. The molecule has 1 aliphatic rings. The highest BCUT2D eigenvalue weighted by Gasteiger charge is 2.18. The van der Waals surface area contributed by atoms with Crippen molar-refractivity contribution in [2.24, 2.45) is 0 Å². The third-order valence-corrected chi connectivity index (χ3v) is 5.58. The van der Waals surface area contributed by atoms with Gasteiger partial charge in [0.05, 0.1) is 11.1 Å². The molecule has 2 aromatic rings. The lowest BCUT2D eigenvalue weighted by Crippen LogP contribution is -2.35. The highest BCUT2D eigenvalue weighted by Crippen LogP contribution is 2.27. The second kappa shape index (κ2) is 10.4. The van der Waals surface area contributed by atoms with Crippen LogP contribution in [0.5, 0.6) is 5.75 Å². The molecule has 0 spiro atoms. The van der Waals surface area contributed by atoms with Crippen molar-refractivity contribution in [3.05, 3.63) is 58.1 Å². The fourth-order valence-corrected chi connectivity index (χ4v) is 3.79. The number of rotatable bonds is 7. The summed E-state index contributed by atoms with van der Waals surface area (Å²) in [5.41, 5.74) is 1.73. The van der Waals surface area contributed by atoms with Crippen LogP contribution in [0.25, 0.3) is 0 Å². The minimum absolute atomic E-state index is 0.0251. The highest BCUT2D eigenvalue weighted by atomic mass is 79.9. The molecular formula is C23H27BrN2O3. The third-order valence-electron chi connectivity index (χ3n) is 4.96. The van der Waals surface area contributed by atoms with Crippen LogP contribution >= 0.6 is 15.9 Å². The first kappa shape index (κ1) is 21.4. The van der Waals surface area contributed by atoms with Gasteiger partial charge in [0.1, 0.15) is 5.75 Å². The monoisotopic (exact) mass is 458 g/mol. The molecule has 1 aliphatic heterocycles. The van der Waals surface area contributed by atoms with Crippen LogP contribution in [0.2, 0.25) is 0 Å². The topological polar surface area (TPSA) is 58.6 Å². The molecule has 0 saturated carbocycles. The molecule has 3 rings (SSSR count). The molecule has 1 fully saturated rings. The molecule has 5 nitrogen and oxygen atoms in total. The molecule has 1 N–H and O–H groups in total. The van der Waals surface area contributed by atoms with E-state index in [9.17, 15) is 9.59 Å². The van der Waals surface area contributed by atoms with Crippen LogP contribution in [0.3, 0.4) is 0 Å². The summed E-state index contributed by atoms with van der Waals surface area (Å²) in [5.74, 6) is 0.523. The number of piperidine rings is 1. The molecule has 0 unspecified atom stereocenters. The maximum Gasteiger partial charge on any atom is 0.255 e. The molecule has 0 atom stereocenters. The van der Waals surface area contributed by atoms with Crippen molar-refractivity contribution in [2.45, 2.75) is 39.0 Å². The molecule has 0 bridgehead atoms. The van der Waals surface area contributed by atoms with Crippen molar-refractivity contribution < 1.29 is 14.3 Å². The molecular weight excluding hydrogens is 432 g/mol. The van der Waals surface area contributed by atoms with Crippen molar-refractivity contribution in [3.8, 4) is 5.75 Å². The van der Waals surface area contributed by atoms with Crippen LogP contribution < -0.4 is 10.1 Å². The van der Waals surface area contributed by atoms with Gasteiger partial charge in [-0.3, -0.25) is 9.59 Å². The largest absolute Gasteiger partial charge is 0.492 e. The van der Waals surface area contributed by atoms with Crippen LogP contribution in [0.4, 0.5) is 5.69 Å². The number of nitrogens with one attached hydrogen (secondary N) is 1. The van der Waals surface area contributed by atoms with Crippen LogP contribution in [0.15, 0.2) is 46.9 Å². The zero-order valence-corrected chi connectivity index (χ0v) is 18.3. The average Bonchev–Trinajstić information content (AvgIpc) is 2.75. The first-order valence-corrected chi connectivity index (χ1v) is 11.0. The van der Waals surface area contributed by atoms with Gasteiger partial charge in [0.15, 0.2) is 0 Å². The molecule has 154 valence electrons. The number of hydrogen-bond acceptors (Lipinski definition) is 3. The molecule has 0 radical (unpaired) electrons. The van der Waals surface area contributed by atoms with Gasteiger partial charge >= 0.3 is 0 Å². The average molecular weight is 459 g/mol. The Balaban J connectivity index is 1.66. The number of hydrogen-bond donors (Lipinski definition) is 1. The number of carbonyl (C=O) groups excluding carboxylic acids is 2. The quantitative estimate of drug-likeness (QED) is 0.556. The summed E-state index contributed by atoms with van der Waals surface area (Å²) < 4.78 is 6.45. The number of benzene rings is 2. The fraction of sp³-hybridized carbons (Fsp3) is 0.391. The summed E-state index contributed by atoms with van der Waals surface area (Å²) in [6.07, 6.45) is 5.33. The van der Waals surface area contributed by atoms with Gasteiger partial charge in [0, 0.05) is 29.9 Å². The molecule has 0 aliphatic carbocycles. The van der Waals surface area contributed by atoms with Gasteiger partial charge < -0.3 is 15.0 Å². The molecule has 0 aromatic heterocycles. The minimum Gasteiger partial charge on any atom is -0.492 e. The SMILES string of the molecule is CCCCOc1ccc(C(=O)Nc2cccc(C(=O)N3CCCCC3)c2)cc1Br. The Hall–Kier alpha value is -2.34. The van der Waals surface area contributed by atoms with Gasteiger partial charge in [-0.05, 0) is 78.0 Å². The number of amides is 2. The summed E-state index contributed by atoms with van der Waals surface area (Å²) in [6.45, 7) is 4.37. The summed E-state index contributed by atoms with van der Waals surface area (Å²) in [4.78, 5) is 27.2. The van der Waals surface area contributed by atoms with Crippen molar-refractivity contribution in [1.29, 1.82) is 0 Å². The zero-order valence-electron chi connectivity index (χ0n) is 16.7. The summed E-state index contributed by atoms with van der Waals surface area (Å²) in [5, 5.41) is 2.88. The van der Waals surface area contributed by atoms with Crippen molar-refractivity contribution in [3.63, 3.8) is 0 Å². The van der Waals surface area contributed by atoms with Crippen LogP contribution in [-0.4, -0.2) is 36.4 Å². The van der Waals surface area contributed by atoms with E-state index in [0.717, 1.165) is 49.0 Å². The molecule has 29 heavy (non-hydrogen) atoms. The Labute approximate surface area is 180 Å². The Kier molecular flexibility index (Phi) is 7.69. The van der Waals surface area contributed by atoms with E-state index in [0.29, 0.717) is 23.4 Å². The molecule has 1 saturated heterocycles. The van der Waals surface area contributed by atoms with Crippen molar-refractivity contribution in [1.82, 2.24) is 4.90 Å². The van der Waals surface area contributed by atoms with Crippen LogP contribution in [0.1, 0.15) is 59.7 Å². The fourth-order valence-electron chi connectivity index (χ4n) is 3.30. The Morgan fingerprint density at radius 2 is 1.86 bits per heavy atom. The van der Waals surface area contributed by atoms with Gasteiger partial charge in [0.25, 0.3) is 11.8 Å². The number of ether oxygens (including phenoxy) is 1. The van der Waals surface area contributed by atoms with Gasteiger partial charge in [0.2, 0.25) is 0 Å². The second-order valence-corrected chi connectivity index (χ2v) is 8.09. The van der Waals surface area contributed by atoms with Crippen LogP contribution in [-0.2, 0) is 0 Å². The van der Waals surface area contributed by atoms with E-state index in [-0.39, 0.29) is 11.8 Å². The molecule has 1 heterocycles. The molecule has 6 heteroatoms. The number of halogens is 1. The van der Waals surface area contributed by atoms with E-state index in [2.05, 4.69) is 28.2 Å². The lowest BCUT2D eigenvalue weighted by atomic mass is 10.1. The lowest BCUT2D eigenvalue weighted by Gasteiger charge is -2.26. The van der Waals surface area contributed by atoms with Crippen molar-refractivity contribution in [2.75, 3.05) is 25.0 Å². The maximum absolute atomic E-state index is 12.7. The van der Waals surface area contributed by atoms with Gasteiger partial charge in [-0.1, -0.05) is 19.4 Å². The van der Waals surface area contributed by atoms with Gasteiger partial charge in [-0.25, -0.2) is 0 Å². The predicted molar refractivity (Wildman–Crippen MR) is 119 cm³/mol. The standard InChI is InChI=1S/C23H27BrN2O3/c1-2-3-14-29-21-11-10-17(16-20(21)24)22(27)25-19-9-7-8-18(15-19)23(28)26-12-5-4-6-13-26/h7-11,15-16H,2-6,12-14H2,1H3,(H,25,27). The van der Waals surface area contributed by atoms with Gasteiger partial charge in [-0.15, -0.1) is 0 Å². The minimum atomic E-state index is -0.228. The predicted octanol–water partition coefficient (Wildman–Crippen LogP) is 5.51. The van der Waals surface area contributed by atoms with E-state index in [1.165, 1.54) is 6.42 Å². The third kappa shape index (κ3) is 5.82. The van der Waals surface area contributed by atoms with E-state index in [4.69, 9.17) is 4.74 Å². The number of nitrogens with zero attached hydrogens (tertiary/aromatic N) is 1. The Bertz CT molecular complexity index is 863. The first-order chi connectivity index (χ1) is 14.1. The Morgan fingerprint density at radius 1 is 1.07 bits per heavy atom. The van der Waals surface area contributed by atoms with Crippen molar-refractivity contribution >= 4 is 33.4 Å². The first-order valence-electron chi connectivity index (χ1n) is 10.2.